The van der Waals surface area contributed by atoms with Crippen LogP contribution in [-0.4, -0.2) is 35.3 Å². The Morgan fingerprint density at radius 3 is 2.73 bits per heavy atom. The van der Waals surface area contributed by atoms with Gasteiger partial charge in [0.25, 0.3) is 0 Å². The SMILES string of the molecule is CC(C)NC1CN(S)CC1=O. The van der Waals surface area contributed by atoms with Crippen LogP contribution in [0.1, 0.15) is 13.8 Å². The predicted octanol–water partition coefficient (Wildman–Crippen LogP) is 0.0825. The third-order valence-electron chi connectivity index (χ3n) is 1.65. The van der Waals surface area contributed by atoms with E-state index in [-0.39, 0.29) is 11.8 Å². The van der Waals surface area contributed by atoms with Gasteiger partial charge in [-0.25, -0.2) is 4.31 Å². The van der Waals surface area contributed by atoms with Crippen LogP contribution in [0.4, 0.5) is 0 Å². The molecule has 0 aromatic carbocycles. The molecule has 4 heteroatoms. The number of hydrogen-bond donors (Lipinski definition) is 2. The minimum atomic E-state index is -0.00694. The third-order valence-corrected chi connectivity index (χ3v) is 1.96. The second kappa shape index (κ2) is 3.56. The maximum atomic E-state index is 11.2. The van der Waals surface area contributed by atoms with E-state index in [0.29, 0.717) is 12.6 Å². The van der Waals surface area contributed by atoms with Crippen LogP contribution in [0.3, 0.4) is 0 Å². The summed E-state index contributed by atoms with van der Waals surface area (Å²) < 4.78 is 1.74. The van der Waals surface area contributed by atoms with Crippen molar-refractivity contribution in [1.29, 1.82) is 0 Å². The van der Waals surface area contributed by atoms with E-state index in [4.69, 9.17) is 0 Å². The van der Waals surface area contributed by atoms with Gasteiger partial charge in [0, 0.05) is 12.6 Å². The molecule has 0 spiro atoms. The maximum Gasteiger partial charge on any atom is 0.165 e. The summed E-state index contributed by atoms with van der Waals surface area (Å²) in [6.07, 6.45) is 0. The van der Waals surface area contributed by atoms with Crippen LogP contribution in [0.25, 0.3) is 0 Å². The molecule has 3 nitrogen and oxygen atoms in total. The van der Waals surface area contributed by atoms with Crippen molar-refractivity contribution in [2.45, 2.75) is 25.9 Å². The number of rotatable bonds is 2. The zero-order valence-electron chi connectivity index (χ0n) is 6.87. The molecule has 0 radical (unpaired) electrons. The zero-order chi connectivity index (χ0) is 8.43. The number of carbonyl (C=O) groups is 1. The van der Waals surface area contributed by atoms with Gasteiger partial charge in [-0.05, 0) is 0 Å². The number of ketones is 1. The fraction of sp³-hybridized carbons (Fsp3) is 0.857. The second-order valence-corrected chi connectivity index (χ2v) is 3.75. The fourth-order valence-corrected chi connectivity index (χ4v) is 1.52. The van der Waals surface area contributed by atoms with E-state index in [2.05, 4.69) is 18.1 Å². The topological polar surface area (TPSA) is 32.3 Å². The molecular formula is C7H14N2OS. The fourth-order valence-electron chi connectivity index (χ4n) is 1.22. The summed E-state index contributed by atoms with van der Waals surface area (Å²) in [4.78, 5) is 11.2. The van der Waals surface area contributed by atoms with Crippen LogP contribution in [0.2, 0.25) is 0 Å². The summed E-state index contributed by atoms with van der Waals surface area (Å²) in [5.41, 5.74) is 0. The molecule has 64 valence electrons. The Balaban J connectivity index is 2.41. The van der Waals surface area contributed by atoms with Crippen molar-refractivity contribution < 1.29 is 4.79 Å². The molecule has 0 aromatic heterocycles. The molecule has 0 saturated carbocycles. The van der Waals surface area contributed by atoms with Crippen LogP contribution < -0.4 is 5.32 Å². The standard InChI is InChI=1S/C7H14N2OS/c1-5(2)8-6-3-9(11)4-7(6)10/h5-6,8,11H,3-4H2,1-2H3. The number of carbonyl (C=O) groups excluding carboxylic acids is 1. The van der Waals surface area contributed by atoms with E-state index in [9.17, 15) is 4.79 Å². The lowest BCUT2D eigenvalue weighted by Crippen LogP contribution is -2.40. The van der Waals surface area contributed by atoms with Crippen molar-refractivity contribution in [2.75, 3.05) is 13.1 Å². The summed E-state index contributed by atoms with van der Waals surface area (Å²) in [6, 6.07) is 0.358. The van der Waals surface area contributed by atoms with Crippen LogP contribution in [0.5, 0.6) is 0 Å². The maximum absolute atomic E-state index is 11.2. The van der Waals surface area contributed by atoms with Gasteiger partial charge in [-0.15, -0.1) is 0 Å². The molecule has 1 rings (SSSR count). The first-order valence-electron chi connectivity index (χ1n) is 3.82. The zero-order valence-corrected chi connectivity index (χ0v) is 7.77. The molecule has 0 aromatic rings. The first kappa shape index (κ1) is 9.03. The van der Waals surface area contributed by atoms with Crippen molar-refractivity contribution in [2.24, 2.45) is 0 Å². The first-order chi connectivity index (χ1) is 5.09. The number of Topliss-reactive ketones (excluding diaryl/α,β-unsaturated/α-hetero) is 1. The van der Waals surface area contributed by atoms with Crippen LogP contribution in [0, 0.1) is 0 Å². The molecule has 1 unspecified atom stereocenters. The molecule has 1 aliphatic rings. The second-order valence-electron chi connectivity index (χ2n) is 3.19. The Morgan fingerprint density at radius 2 is 2.36 bits per heavy atom. The number of thiol groups is 1. The molecule has 1 aliphatic heterocycles. The molecule has 1 N–H and O–H groups in total. The highest BCUT2D eigenvalue weighted by molar-refractivity contribution is 7.77. The van der Waals surface area contributed by atoms with E-state index in [1.54, 1.807) is 4.31 Å². The van der Waals surface area contributed by atoms with Crippen molar-refractivity contribution in [1.82, 2.24) is 9.62 Å². The lowest BCUT2D eigenvalue weighted by atomic mass is 10.2. The smallest absolute Gasteiger partial charge is 0.165 e. The van der Waals surface area contributed by atoms with Gasteiger partial charge in [-0.1, -0.05) is 26.7 Å². The lowest BCUT2D eigenvalue weighted by molar-refractivity contribution is -0.118. The Kier molecular flexibility index (Phi) is 2.92. The highest BCUT2D eigenvalue weighted by Gasteiger charge is 2.28. The molecule has 1 heterocycles. The van der Waals surface area contributed by atoms with Crippen molar-refractivity contribution in [3.63, 3.8) is 0 Å². The van der Waals surface area contributed by atoms with Gasteiger partial charge in [-0.2, -0.15) is 0 Å². The minimum Gasteiger partial charge on any atom is -0.304 e. The predicted molar refractivity (Wildman–Crippen MR) is 47.6 cm³/mol. The Bertz CT molecular complexity index is 161. The third kappa shape index (κ3) is 2.47. The van der Waals surface area contributed by atoms with E-state index in [1.165, 1.54) is 0 Å². The Labute approximate surface area is 72.7 Å². The Morgan fingerprint density at radius 1 is 1.73 bits per heavy atom. The van der Waals surface area contributed by atoms with E-state index >= 15 is 0 Å². The quantitative estimate of drug-likeness (QED) is 0.582. The van der Waals surface area contributed by atoms with Gasteiger partial charge < -0.3 is 5.32 Å². The molecule has 1 atom stereocenters. The molecule has 0 aliphatic carbocycles. The van der Waals surface area contributed by atoms with Gasteiger partial charge in [0.05, 0.1) is 12.6 Å². The molecule has 0 bridgehead atoms. The molecule has 11 heavy (non-hydrogen) atoms. The number of nitrogens with zero attached hydrogens (tertiary/aromatic N) is 1. The number of hydrogen-bond acceptors (Lipinski definition) is 4. The lowest BCUT2D eigenvalue weighted by Gasteiger charge is -2.13. The average Bonchev–Trinajstić information content (AvgIpc) is 2.09. The normalized spacial score (nSPS) is 26.9. The Hall–Kier alpha value is -0.0600. The van der Waals surface area contributed by atoms with Crippen molar-refractivity contribution >= 4 is 18.6 Å². The van der Waals surface area contributed by atoms with Crippen molar-refractivity contribution in [3.8, 4) is 0 Å². The molecule has 1 fully saturated rings. The van der Waals surface area contributed by atoms with Gasteiger partial charge >= 0.3 is 0 Å². The highest BCUT2D eigenvalue weighted by atomic mass is 32.1. The van der Waals surface area contributed by atoms with Crippen LogP contribution in [0.15, 0.2) is 0 Å². The summed E-state index contributed by atoms with van der Waals surface area (Å²) in [5.74, 6) is 0.244. The van der Waals surface area contributed by atoms with Crippen LogP contribution in [-0.2, 0) is 4.79 Å². The summed E-state index contributed by atoms with van der Waals surface area (Å²) in [6.45, 7) is 5.26. The van der Waals surface area contributed by atoms with E-state index < -0.39 is 0 Å². The minimum absolute atomic E-state index is 0.00694. The first-order valence-corrected chi connectivity index (χ1v) is 4.22. The highest BCUT2D eigenvalue weighted by Crippen LogP contribution is 2.07. The number of nitrogens with one attached hydrogen (secondary N) is 1. The summed E-state index contributed by atoms with van der Waals surface area (Å²) >= 11 is 4.11. The molecule has 1 saturated heterocycles. The molecular weight excluding hydrogens is 160 g/mol. The average molecular weight is 174 g/mol. The van der Waals surface area contributed by atoms with Gasteiger partial charge in [0.1, 0.15) is 0 Å². The van der Waals surface area contributed by atoms with Crippen molar-refractivity contribution in [3.05, 3.63) is 0 Å². The van der Waals surface area contributed by atoms with E-state index in [0.717, 1.165) is 6.54 Å². The summed E-state index contributed by atoms with van der Waals surface area (Å²) in [5, 5.41) is 3.18. The van der Waals surface area contributed by atoms with Crippen LogP contribution >= 0.6 is 12.8 Å². The summed E-state index contributed by atoms with van der Waals surface area (Å²) in [7, 11) is 0. The van der Waals surface area contributed by atoms with Gasteiger partial charge in [0.15, 0.2) is 5.78 Å². The molecule has 0 amide bonds. The largest absolute Gasteiger partial charge is 0.304 e. The van der Waals surface area contributed by atoms with Gasteiger partial charge in [0.2, 0.25) is 0 Å². The monoisotopic (exact) mass is 174 g/mol. The van der Waals surface area contributed by atoms with Gasteiger partial charge in [-0.3, -0.25) is 4.79 Å². The van der Waals surface area contributed by atoms with E-state index in [1.807, 2.05) is 13.8 Å².